The van der Waals surface area contributed by atoms with Gasteiger partial charge in [0.05, 0.1) is 38.8 Å². The van der Waals surface area contributed by atoms with Crippen molar-refractivity contribution in [1.82, 2.24) is 31.5 Å². The summed E-state index contributed by atoms with van der Waals surface area (Å²) >= 11 is 0. The second kappa shape index (κ2) is 16.6. The van der Waals surface area contributed by atoms with Crippen LogP contribution in [0.15, 0.2) is 0 Å². The number of primary amides is 1. The minimum atomic E-state index is -1.57. The molecule has 12 N–H and O–H groups in total. The topological polar surface area (TPSA) is 313 Å². The van der Waals surface area contributed by atoms with E-state index >= 15 is 0 Å². The van der Waals surface area contributed by atoms with Gasteiger partial charge in [0.2, 0.25) is 41.4 Å². The number of nitrogens with zero attached hydrogens (tertiary/aromatic N) is 1. The molecule has 1 aliphatic heterocycles. The van der Waals surface area contributed by atoms with Crippen molar-refractivity contribution in [2.45, 2.75) is 43.4 Å². The van der Waals surface area contributed by atoms with Crippen LogP contribution in [0.2, 0.25) is 0 Å². The Hall–Kier alpha value is -4.36. The van der Waals surface area contributed by atoms with Crippen LogP contribution in [-0.4, -0.2) is 131 Å². The summed E-state index contributed by atoms with van der Waals surface area (Å²) in [6.45, 7) is -3.49. The lowest BCUT2D eigenvalue weighted by Gasteiger charge is -2.26. The molecule has 7 amide bonds. The van der Waals surface area contributed by atoms with E-state index in [1.165, 1.54) is 0 Å². The van der Waals surface area contributed by atoms with Crippen LogP contribution in [0.1, 0.15) is 19.3 Å². The lowest BCUT2D eigenvalue weighted by Crippen LogP contribution is -2.58. The first-order valence-corrected chi connectivity index (χ1v) is 12.0. The van der Waals surface area contributed by atoms with Gasteiger partial charge in [0, 0.05) is 6.54 Å². The first-order valence-electron chi connectivity index (χ1n) is 12.0. The summed E-state index contributed by atoms with van der Waals surface area (Å²) in [6.07, 6.45) is 0.196. The van der Waals surface area contributed by atoms with E-state index in [0.29, 0.717) is 6.42 Å². The van der Waals surface area contributed by atoms with E-state index in [4.69, 9.17) is 16.6 Å². The van der Waals surface area contributed by atoms with Crippen LogP contribution in [0.4, 0.5) is 0 Å². The highest BCUT2D eigenvalue weighted by Gasteiger charge is 2.36. The number of rotatable bonds is 16. The Morgan fingerprint density at radius 3 is 2.00 bits per heavy atom. The van der Waals surface area contributed by atoms with E-state index < -0.39 is 111 Å². The normalized spacial score (nSPS) is 16.6. The van der Waals surface area contributed by atoms with Gasteiger partial charge in [0.1, 0.15) is 24.7 Å². The number of hydrogen-bond acceptors (Lipinski definition) is 11. The summed E-state index contributed by atoms with van der Waals surface area (Å²) in [5, 5.41) is 38.3. The number of carbonyl (C=O) groups is 8. The third kappa shape index (κ3) is 11.2. The molecule has 4 atom stereocenters. The quantitative estimate of drug-likeness (QED) is 0.0822. The average molecular weight is 575 g/mol. The van der Waals surface area contributed by atoms with E-state index in [-0.39, 0.29) is 13.0 Å². The fourth-order valence-corrected chi connectivity index (χ4v) is 3.50. The summed E-state index contributed by atoms with van der Waals surface area (Å²) in [5.41, 5.74) is 10.4. The summed E-state index contributed by atoms with van der Waals surface area (Å²) in [7, 11) is 0. The molecule has 0 aliphatic carbocycles. The zero-order chi connectivity index (χ0) is 30.4. The monoisotopic (exact) mass is 574 g/mol. The van der Waals surface area contributed by atoms with Gasteiger partial charge < -0.3 is 58.3 Å². The van der Waals surface area contributed by atoms with Gasteiger partial charge >= 0.3 is 5.97 Å². The minimum absolute atomic E-state index is 0.151. The van der Waals surface area contributed by atoms with Crippen LogP contribution in [0, 0.1) is 0 Å². The smallest absolute Gasteiger partial charge is 0.322 e. The Labute approximate surface area is 227 Å². The Bertz CT molecular complexity index is 992. The third-order valence-corrected chi connectivity index (χ3v) is 5.54. The zero-order valence-electron chi connectivity index (χ0n) is 21.4. The lowest BCUT2D eigenvalue weighted by atomic mass is 10.1. The summed E-state index contributed by atoms with van der Waals surface area (Å²) < 4.78 is 0. The van der Waals surface area contributed by atoms with Crippen LogP contribution in [0.25, 0.3) is 0 Å². The number of carboxylic acid groups (broad SMARTS) is 1. The molecule has 1 saturated heterocycles. The van der Waals surface area contributed by atoms with Crippen LogP contribution >= 0.6 is 0 Å². The van der Waals surface area contributed by atoms with Gasteiger partial charge in [-0.2, -0.15) is 0 Å². The van der Waals surface area contributed by atoms with Crippen LogP contribution in [0.5, 0.6) is 0 Å². The number of hydrogen-bond donors (Lipinski definition) is 10. The van der Waals surface area contributed by atoms with E-state index in [1.54, 1.807) is 0 Å². The SMILES string of the molecule is NC(=O)C[C@H](N)C(=O)NCC(=O)NCC(=O)N1CCC[C@H]1C(=O)N[C@@H](CO)C(=O)N[C@@H](CO)C(=O)NCC(=O)O. The molecule has 0 radical (unpaired) electrons. The van der Waals surface area contributed by atoms with E-state index in [1.807, 2.05) is 5.32 Å². The van der Waals surface area contributed by atoms with Crippen molar-refractivity contribution < 1.29 is 53.7 Å². The number of aliphatic hydroxyl groups is 2. The molecule has 19 nitrogen and oxygen atoms in total. The van der Waals surface area contributed by atoms with Crippen molar-refractivity contribution in [3.8, 4) is 0 Å². The van der Waals surface area contributed by atoms with Gasteiger partial charge in [0.15, 0.2) is 0 Å². The molecule has 224 valence electrons. The molecule has 0 spiro atoms. The minimum Gasteiger partial charge on any atom is -0.480 e. The molecule has 19 heteroatoms. The molecule has 40 heavy (non-hydrogen) atoms. The maximum atomic E-state index is 12.8. The number of nitrogens with one attached hydrogen (secondary N) is 5. The molecule has 1 heterocycles. The second-order valence-corrected chi connectivity index (χ2v) is 8.62. The molecule has 0 saturated carbocycles. The van der Waals surface area contributed by atoms with Crippen molar-refractivity contribution >= 4 is 47.3 Å². The summed E-state index contributed by atoms with van der Waals surface area (Å²) in [6, 6.07) is -5.43. The highest BCUT2D eigenvalue weighted by atomic mass is 16.4. The largest absolute Gasteiger partial charge is 0.480 e. The molecular formula is C21H34N8O11. The van der Waals surface area contributed by atoms with Crippen LogP contribution < -0.4 is 38.1 Å². The lowest BCUT2D eigenvalue weighted by molar-refractivity contribution is -0.140. The molecule has 1 fully saturated rings. The highest BCUT2D eigenvalue weighted by molar-refractivity contribution is 5.96. The standard InChI is InChI=1S/C21H34N8O11/c22-10(4-14(23)32)18(37)25-5-15(33)24-6-16(34)29-3-1-2-13(29)21(40)28-12(9-31)20(39)27-11(8-30)19(38)26-7-17(35)36/h10-13,30-31H,1-9,22H2,(H2,23,32)(H,24,33)(H,25,37)(H,26,38)(H,27,39)(H,28,40)(H,35,36)/t10-,11-,12-,13-/m0/s1. The van der Waals surface area contributed by atoms with Gasteiger partial charge in [-0.05, 0) is 12.8 Å². The Morgan fingerprint density at radius 1 is 0.825 bits per heavy atom. The third-order valence-electron chi connectivity index (χ3n) is 5.54. The first-order chi connectivity index (χ1) is 18.8. The van der Waals surface area contributed by atoms with Crippen molar-refractivity contribution in [2.24, 2.45) is 11.5 Å². The van der Waals surface area contributed by atoms with E-state index in [9.17, 15) is 48.6 Å². The number of aliphatic carboxylic acids is 1. The number of amides is 7. The number of likely N-dealkylation sites (tertiary alicyclic amines) is 1. The van der Waals surface area contributed by atoms with E-state index in [2.05, 4.69) is 21.3 Å². The Balaban J connectivity index is 2.63. The number of nitrogens with two attached hydrogens (primary N) is 2. The number of carboxylic acids is 1. The van der Waals surface area contributed by atoms with Crippen molar-refractivity contribution in [2.75, 3.05) is 39.4 Å². The van der Waals surface area contributed by atoms with E-state index in [0.717, 1.165) is 4.90 Å². The summed E-state index contributed by atoms with van der Waals surface area (Å²) in [4.78, 5) is 96.0. The van der Waals surface area contributed by atoms with Gasteiger partial charge in [-0.25, -0.2) is 0 Å². The first kappa shape index (κ1) is 33.7. The van der Waals surface area contributed by atoms with Gasteiger partial charge in [-0.15, -0.1) is 0 Å². The fourth-order valence-electron chi connectivity index (χ4n) is 3.50. The number of carbonyl (C=O) groups excluding carboxylic acids is 7. The molecular weight excluding hydrogens is 540 g/mol. The zero-order valence-corrected chi connectivity index (χ0v) is 21.4. The second-order valence-electron chi connectivity index (χ2n) is 8.62. The maximum absolute atomic E-state index is 12.8. The van der Waals surface area contributed by atoms with Crippen LogP contribution in [0.3, 0.4) is 0 Å². The molecule has 0 aromatic carbocycles. The molecule has 0 aromatic heterocycles. The predicted molar refractivity (Wildman–Crippen MR) is 131 cm³/mol. The molecule has 0 unspecified atom stereocenters. The van der Waals surface area contributed by atoms with Crippen LogP contribution in [-0.2, 0) is 38.4 Å². The van der Waals surface area contributed by atoms with Gasteiger partial charge in [-0.3, -0.25) is 38.4 Å². The average Bonchev–Trinajstić information content (AvgIpc) is 3.40. The van der Waals surface area contributed by atoms with Crippen molar-refractivity contribution in [1.29, 1.82) is 0 Å². The fraction of sp³-hybridized carbons (Fsp3) is 0.619. The maximum Gasteiger partial charge on any atom is 0.322 e. The van der Waals surface area contributed by atoms with Gasteiger partial charge in [0.25, 0.3) is 0 Å². The Kier molecular flexibility index (Phi) is 13.9. The highest BCUT2D eigenvalue weighted by Crippen LogP contribution is 2.17. The van der Waals surface area contributed by atoms with Gasteiger partial charge in [-0.1, -0.05) is 0 Å². The molecule has 0 aromatic rings. The molecule has 1 aliphatic rings. The number of aliphatic hydroxyl groups excluding tert-OH is 2. The molecule has 1 rings (SSSR count). The summed E-state index contributed by atoms with van der Waals surface area (Å²) in [5.74, 6) is -7.24. The molecule has 0 bridgehead atoms. The predicted octanol–water partition coefficient (Wildman–Crippen LogP) is -7.43. The van der Waals surface area contributed by atoms with Crippen molar-refractivity contribution in [3.05, 3.63) is 0 Å². The van der Waals surface area contributed by atoms with Crippen molar-refractivity contribution in [3.63, 3.8) is 0 Å². The Morgan fingerprint density at radius 2 is 1.43 bits per heavy atom.